The van der Waals surface area contributed by atoms with E-state index in [-0.39, 0.29) is 0 Å². The molecule has 0 unspecified atom stereocenters. The van der Waals surface area contributed by atoms with Crippen LogP contribution < -0.4 is 5.32 Å². The van der Waals surface area contributed by atoms with Crippen molar-refractivity contribution in [2.75, 3.05) is 5.32 Å². The number of anilines is 2. The largest absolute Gasteiger partial charge is 0.356 e. The zero-order valence-corrected chi connectivity index (χ0v) is 26.0. The summed E-state index contributed by atoms with van der Waals surface area (Å²) in [6, 6.07) is 59.0. The van der Waals surface area contributed by atoms with Crippen molar-refractivity contribution in [3.8, 4) is 39.1 Å². The summed E-state index contributed by atoms with van der Waals surface area (Å²) in [5, 5.41) is 6.21. The van der Waals surface area contributed by atoms with E-state index >= 15 is 0 Å². The summed E-state index contributed by atoms with van der Waals surface area (Å²) in [5.74, 6) is 0. The Morgan fingerprint density at radius 2 is 0.870 bits per heavy atom. The number of benzene rings is 7. The summed E-state index contributed by atoms with van der Waals surface area (Å²) < 4.78 is 2.38. The lowest BCUT2D eigenvalue weighted by molar-refractivity contribution is 1.18. The van der Waals surface area contributed by atoms with Crippen LogP contribution in [0.1, 0.15) is 11.1 Å². The molecule has 0 aliphatic heterocycles. The smallest absolute Gasteiger partial charge is 0.0541 e. The second-order valence-corrected chi connectivity index (χ2v) is 12.2. The van der Waals surface area contributed by atoms with Crippen molar-refractivity contribution in [1.82, 2.24) is 4.57 Å². The topological polar surface area (TPSA) is 17.0 Å². The summed E-state index contributed by atoms with van der Waals surface area (Å²) in [5.41, 5.74) is 15.6. The van der Waals surface area contributed by atoms with E-state index in [1.54, 1.807) is 0 Å². The molecule has 0 aliphatic rings. The Hall–Kier alpha value is -5.86. The number of aryl methyl sites for hydroxylation is 2. The molecule has 220 valence electrons. The standard InChI is InChI=1S/C44H34N2/c1-30-14-24-43-41(26-30)42-27-31(2)15-25-44(42)46(43)40-22-18-34(19-23-40)37-12-7-13-39(29-37)45-38-20-16-33(17-21-38)36-11-6-10-35(28-36)32-8-4-3-5-9-32/h3-29,45H,1-2H3. The average molecular weight is 591 g/mol. The van der Waals surface area contributed by atoms with Gasteiger partial charge in [0, 0.05) is 27.8 Å². The van der Waals surface area contributed by atoms with Crippen LogP contribution in [0.15, 0.2) is 164 Å². The first kappa shape index (κ1) is 27.7. The Morgan fingerprint density at radius 3 is 1.48 bits per heavy atom. The number of hydrogen-bond donors (Lipinski definition) is 1. The average Bonchev–Trinajstić information content (AvgIpc) is 3.42. The van der Waals surface area contributed by atoms with Crippen LogP contribution in [0, 0.1) is 13.8 Å². The third-order valence-electron chi connectivity index (χ3n) is 8.87. The first-order valence-electron chi connectivity index (χ1n) is 15.8. The number of aromatic nitrogens is 1. The molecule has 8 rings (SSSR count). The Labute approximate surface area is 270 Å². The lowest BCUT2D eigenvalue weighted by atomic mass is 9.99. The van der Waals surface area contributed by atoms with Crippen LogP contribution in [-0.2, 0) is 0 Å². The van der Waals surface area contributed by atoms with Crippen molar-refractivity contribution < 1.29 is 0 Å². The van der Waals surface area contributed by atoms with E-state index in [0.717, 1.165) is 11.4 Å². The lowest BCUT2D eigenvalue weighted by Gasteiger charge is -2.12. The second kappa shape index (κ2) is 11.6. The summed E-state index contributed by atoms with van der Waals surface area (Å²) >= 11 is 0. The molecule has 1 N–H and O–H groups in total. The van der Waals surface area contributed by atoms with E-state index in [1.165, 1.54) is 72.0 Å². The molecule has 1 heterocycles. The normalized spacial score (nSPS) is 11.3. The highest BCUT2D eigenvalue weighted by Gasteiger charge is 2.13. The quantitative estimate of drug-likeness (QED) is 0.204. The zero-order valence-electron chi connectivity index (χ0n) is 26.0. The van der Waals surface area contributed by atoms with Crippen LogP contribution in [0.5, 0.6) is 0 Å². The van der Waals surface area contributed by atoms with Gasteiger partial charge >= 0.3 is 0 Å². The summed E-state index contributed by atoms with van der Waals surface area (Å²) in [4.78, 5) is 0. The highest BCUT2D eigenvalue weighted by Crippen LogP contribution is 2.35. The Kier molecular flexibility index (Phi) is 6.96. The fourth-order valence-corrected chi connectivity index (χ4v) is 6.53. The molecule has 2 heteroatoms. The van der Waals surface area contributed by atoms with Crippen LogP contribution in [0.3, 0.4) is 0 Å². The van der Waals surface area contributed by atoms with Gasteiger partial charge in [-0.2, -0.15) is 0 Å². The maximum absolute atomic E-state index is 3.61. The molecule has 0 saturated carbocycles. The van der Waals surface area contributed by atoms with E-state index in [2.05, 4.69) is 188 Å². The molecular weight excluding hydrogens is 556 g/mol. The Bertz CT molecular complexity index is 2270. The van der Waals surface area contributed by atoms with Crippen molar-refractivity contribution in [2.24, 2.45) is 0 Å². The highest BCUT2D eigenvalue weighted by molar-refractivity contribution is 6.09. The Balaban J connectivity index is 1.04. The molecule has 1 aromatic heterocycles. The molecular formula is C44H34N2. The van der Waals surface area contributed by atoms with Gasteiger partial charge < -0.3 is 9.88 Å². The number of hydrogen-bond acceptors (Lipinski definition) is 1. The monoisotopic (exact) mass is 590 g/mol. The molecule has 0 radical (unpaired) electrons. The van der Waals surface area contributed by atoms with E-state index < -0.39 is 0 Å². The summed E-state index contributed by atoms with van der Waals surface area (Å²) in [6.45, 7) is 4.33. The molecule has 0 amide bonds. The van der Waals surface area contributed by atoms with Crippen molar-refractivity contribution >= 4 is 33.2 Å². The van der Waals surface area contributed by atoms with E-state index in [4.69, 9.17) is 0 Å². The molecule has 0 aliphatic carbocycles. The Morgan fingerprint density at radius 1 is 0.370 bits per heavy atom. The van der Waals surface area contributed by atoms with E-state index in [9.17, 15) is 0 Å². The summed E-state index contributed by atoms with van der Waals surface area (Å²) in [6.07, 6.45) is 0. The highest BCUT2D eigenvalue weighted by atomic mass is 15.0. The maximum atomic E-state index is 3.61. The van der Waals surface area contributed by atoms with E-state index in [1.807, 2.05) is 0 Å². The van der Waals surface area contributed by atoms with Crippen LogP contribution in [0.2, 0.25) is 0 Å². The number of nitrogens with zero attached hydrogens (tertiary/aromatic N) is 1. The molecule has 0 fully saturated rings. The van der Waals surface area contributed by atoms with Gasteiger partial charge in [-0.3, -0.25) is 0 Å². The number of nitrogens with one attached hydrogen (secondary N) is 1. The first-order chi connectivity index (χ1) is 22.6. The minimum absolute atomic E-state index is 1.06. The van der Waals surface area contributed by atoms with Crippen molar-refractivity contribution in [1.29, 1.82) is 0 Å². The minimum atomic E-state index is 1.06. The van der Waals surface area contributed by atoms with Gasteiger partial charge in [0.15, 0.2) is 0 Å². The lowest BCUT2D eigenvalue weighted by Crippen LogP contribution is -1.94. The molecule has 2 nitrogen and oxygen atoms in total. The van der Waals surface area contributed by atoms with Gasteiger partial charge in [-0.15, -0.1) is 0 Å². The third kappa shape index (κ3) is 5.25. The van der Waals surface area contributed by atoms with Crippen molar-refractivity contribution in [2.45, 2.75) is 13.8 Å². The zero-order chi connectivity index (χ0) is 31.0. The van der Waals surface area contributed by atoms with Gasteiger partial charge in [-0.1, -0.05) is 108 Å². The van der Waals surface area contributed by atoms with Crippen molar-refractivity contribution in [3.05, 3.63) is 175 Å². The number of fused-ring (bicyclic) bond motifs is 3. The van der Waals surface area contributed by atoms with Gasteiger partial charge in [0.2, 0.25) is 0 Å². The fourth-order valence-electron chi connectivity index (χ4n) is 6.53. The molecule has 0 spiro atoms. The number of rotatable bonds is 6. The second-order valence-electron chi connectivity index (χ2n) is 12.2. The predicted molar refractivity (Wildman–Crippen MR) is 196 cm³/mol. The van der Waals surface area contributed by atoms with Crippen LogP contribution in [0.4, 0.5) is 11.4 Å². The third-order valence-corrected chi connectivity index (χ3v) is 8.87. The van der Waals surface area contributed by atoms with Crippen LogP contribution >= 0.6 is 0 Å². The van der Waals surface area contributed by atoms with Crippen LogP contribution in [0.25, 0.3) is 60.9 Å². The van der Waals surface area contributed by atoms with Crippen molar-refractivity contribution in [3.63, 3.8) is 0 Å². The van der Waals surface area contributed by atoms with Gasteiger partial charge in [0.05, 0.1) is 11.0 Å². The molecule has 7 aromatic carbocycles. The minimum Gasteiger partial charge on any atom is -0.356 e. The van der Waals surface area contributed by atoms with Gasteiger partial charge in [-0.05, 0) is 114 Å². The van der Waals surface area contributed by atoms with Gasteiger partial charge in [0.25, 0.3) is 0 Å². The molecule has 0 saturated heterocycles. The predicted octanol–water partition coefficient (Wildman–Crippen LogP) is 12.1. The van der Waals surface area contributed by atoms with E-state index in [0.29, 0.717) is 0 Å². The first-order valence-corrected chi connectivity index (χ1v) is 15.8. The van der Waals surface area contributed by atoms with Gasteiger partial charge in [-0.25, -0.2) is 0 Å². The molecule has 46 heavy (non-hydrogen) atoms. The SMILES string of the molecule is Cc1ccc2c(c1)c1cc(C)ccc1n2-c1ccc(-c2cccc(Nc3ccc(-c4cccc(-c5ccccc5)c4)cc3)c2)cc1. The summed E-state index contributed by atoms with van der Waals surface area (Å²) in [7, 11) is 0. The molecule has 8 aromatic rings. The maximum Gasteiger partial charge on any atom is 0.0541 e. The fraction of sp³-hybridized carbons (Fsp3) is 0.0455. The van der Waals surface area contributed by atoms with Gasteiger partial charge in [0.1, 0.15) is 0 Å². The molecule has 0 bridgehead atoms. The van der Waals surface area contributed by atoms with Crippen LogP contribution in [-0.4, -0.2) is 4.57 Å². The molecule has 0 atom stereocenters.